The van der Waals surface area contributed by atoms with Crippen molar-refractivity contribution in [2.24, 2.45) is 0 Å². The van der Waals surface area contributed by atoms with Gasteiger partial charge >= 0.3 is 12.1 Å². The molecule has 1 aliphatic carbocycles. The molecule has 6 aliphatic rings. The average Bonchev–Trinajstić information content (AvgIpc) is 3.72. The van der Waals surface area contributed by atoms with Gasteiger partial charge in [-0.25, -0.2) is 13.6 Å². The van der Waals surface area contributed by atoms with Crippen LogP contribution in [-0.2, 0) is 4.74 Å². The van der Waals surface area contributed by atoms with Crippen LogP contribution < -0.4 is 9.64 Å². The van der Waals surface area contributed by atoms with Crippen LogP contribution in [0, 0.1) is 5.82 Å². The van der Waals surface area contributed by atoms with E-state index in [0.29, 0.717) is 47.8 Å². The van der Waals surface area contributed by atoms with Crippen LogP contribution in [0.3, 0.4) is 0 Å². The molecule has 1 saturated carbocycles. The number of pyridine rings is 1. The molecule has 256 valence electrons. The Morgan fingerprint density at radius 1 is 1.12 bits per heavy atom. The van der Waals surface area contributed by atoms with Crippen molar-refractivity contribution in [1.29, 1.82) is 0 Å². The largest absolute Gasteiger partial charge is 0.508 e. The van der Waals surface area contributed by atoms with Crippen molar-refractivity contribution in [3.63, 3.8) is 0 Å². The molecule has 1 N–H and O–H groups in total. The number of ether oxygens (including phenoxy) is 2. The van der Waals surface area contributed by atoms with Gasteiger partial charge in [0, 0.05) is 48.9 Å². The van der Waals surface area contributed by atoms with Crippen LogP contribution in [0.1, 0.15) is 77.2 Å². The van der Waals surface area contributed by atoms with Gasteiger partial charge < -0.3 is 24.4 Å². The van der Waals surface area contributed by atoms with Gasteiger partial charge in [-0.2, -0.15) is 9.97 Å². The number of rotatable bonds is 6. The molecule has 7 heterocycles. The number of fused-ring (bicyclic) bond motifs is 5. The van der Waals surface area contributed by atoms with Crippen molar-refractivity contribution in [3.8, 4) is 23.0 Å². The molecule has 5 saturated heterocycles. The summed E-state index contributed by atoms with van der Waals surface area (Å²) in [7, 11) is 0. The summed E-state index contributed by atoms with van der Waals surface area (Å²) in [5, 5.41) is 11.2. The van der Waals surface area contributed by atoms with Crippen molar-refractivity contribution in [2.45, 2.75) is 101 Å². The zero-order valence-electron chi connectivity index (χ0n) is 27.5. The number of hydrogen-bond acceptors (Lipinski definition) is 9. The standard InChI is InChI=1S/C35H41ClF2N6O4/c1-34(2,3)48-33(46)44-17-21-7-8-22(44)16-43(21)31-25-14-39-29(24-11-23(45)12-26(36)27(24)19-5-6-19)28(38)30(25)40-32(41-31)47-18-35-9-4-10-42(35)15-20(37)13-35/h11-12,14,19-22,45H,4-10,13,15-18H2,1-3H3/t20-,21?,22?,35+/m1/s1. The predicted octanol–water partition coefficient (Wildman–Crippen LogP) is 6.61. The van der Waals surface area contributed by atoms with Crippen LogP contribution in [-0.4, -0.2) is 98.1 Å². The summed E-state index contributed by atoms with van der Waals surface area (Å²) in [6.07, 6.45) is 5.97. The van der Waals surface area contributed by atoms with E-state index in [1.54, 1.807) is 11.1 Å². The first-order valence-corrected chi connectivity index (χ1v) is 17.4. The van der Waals surface area contributed by atoms with Gasteiger partial charge in [-0.15, -0.1) is 0 Å². The lowest BCUT2D eigenvalue weighted by atomic mass is 9.91. The molecule has 0 radical (unpaired) electrons. The van der Waals surface area contributed by atoms with Gasteiger partial charge in [0.05, 0.1) is 17.0 Å². The van der Waals surface area contributed by atoms with Crippen molar-refractivity contribution >= 4 is 34.4 Å². The molecular formula is C35H41ClF2N6O4. The Hall–Kier alpha value is -3.51. The van der Waals surface area contributed by atoms with Gasteiger partial charge in [-0.1, -0.05) is 11.6 Å². The Morgan fingerprint density at radius 2 is 1.92 bits per heavy atom. The Labute approximate surface area is 283 Å². The summed E-state index contributed by atoms with van der Waals surface area (Å²) >= 11 is 6.57. The minimum atomic E-state index is -0.917. The minimum Gasteiger partial charge on any atom is -0.508 e. The Balaban J connectivity index is 1.19. The van der Waals surface area contributed by atoms with Crippen LogP contribution in [0.15, 0.2) is 18.3 Å². The average molecular weight is 683 g/mol. The number of halogens is 3. The van der Waals surface area contributed by atoms with Crippen molar-refractivity contribution in [3.05, 3.63) is 34.7 Å². The molecular weight excluding hydrogens is 642 g/mol. The highest BCUT2D eigenvalue weighted by Gasteiger charge is 2.50. The molecule has 5 aliphatic heterocycles. The van der Waals surface area contributed by atoms with E-state index in [1.807, 2.05) is 20.8 Å². The van der Waals surface area contributed by atoms with Gasteiger partial charge in [-0.05, 0) is 89.5 Å². The van der Waals surface area contributed by atoms with Gasteiger partial charge in [-0.3, -0.25) is 9.88 Å². The summed E-state index contributed by atoms with van der Waals surface area (Å²) in [6, 6.07) is 2.80. The van der Waals surface area contributed by atoms with Crippen molar-refractivity contribution < 1.29 is 28.2 Å². The molecule has 2 aromatic heterocycles. The highest BCUT2D eigenvalue weighted by Crippen LogP contribution is 2.49. The smallest absolute Gasteiger partial charge is 0.410 e. The van der Waals surface area contributed by atoms with E-state index < -0.39 is 23.1 Å². The van der Waals surface area contributed by atoms with Crippen molar-refractivity contribution in [2.75, 3.05) is 37.7 Å². The second kappa shape index (κ2) is 11.5. The van der Waals surface area contributed by atoms with Crippen LogP contribution in [0.25, 0.3) is 22.2 Å². The number of piperidine rings is 2. The molecule has 9 rings (SSSR count). The normalized spacial score (nSPS) is 27.2. The number of piperazine rings is 1. The number of carbonyl (C=O) groups excluding carboxylic acids is 1. The molecule has 0 spiro atoms. The molecule has 48 heavy (non-hydrogen) atoms. The number of aromatic hydroxyl groups is 1. The van der Waals surface area contributed by atoms with Gasteiger partial charge in [0.2, 0.25) is 0 Å². The van der Waals surface area contributed by atoms with Crippen molar-refractivity contribution in [1.82, 2.24) is 24.8 Å². The van der Waals surface area contributed by atoms with E-state index in [-0.39, 0.29) is 53.7 Å². The molecule has 3 aromatic rings. The molecule has 10 nitrogen and oxygen atoms in total. The number of anilines is 1. The molecule has 13 heteroatoms. The summed E-state index contributed by atoms with van der Waals surface area (Å²) in [5.41, 5.74) is 0.250. The second-order valence-corrected chi connectivity index (χ2v) is 15.6. The van der Waals surface area contributed by atoms with E-state index in [9.17, 15) is 14.3 Å². The minimum absolute atomic E-state index is 0.0129. The highest BCUT2D eigenvalue weighted by molar-refractivity contribution is 6.32. The summed E-state index contributed by atoms with van der Waals surface area (Å²) < 4.78 is 43.4. The first kappa shape index (κ1) is 31.7. The van der Waals surface area contributed by atoms with Gasteiger partial charge in [0.1, 0.15) is 41.2 Å². The van der Waals surface area contributed by atoms with Gasteiger partial charge in [0.25, 0.3) is 0 Å². The Kier molecular flexibility index (Phi) is 7.63. The predicted molar refractivity (Wildman–Crippen MR) is 177 cm³/mol. The first-order chi connectivity index (χ1) is 22.9. The number of carbonyl (C=O) groups is 1. The number of amides is 1. The fourth-order valence-electron chi connectivity index (χ4n) is 8.36. The molecule has 1 amide bonds. The molecule has 2 unspecified atom stereocenters. The number of phenolic OH excluding ortho intramolecular Hbond substituents is 1. The third-order valence-electron chi connectivity index (χ3n) is 10.7. The fourth-order valence-corrected chi connectivity index (χ4v) is 8.73. The maximum Gasteiger partial charge on any atom is 0.410 e. The number of nitrogens with zero attached hydrogens (tertiary/aromatic N) is 6. The number of alkyl halides is 1. The summed E-state index contributed by atoms with van der Waals surface area (Å²) in [4.78, 5) is 33.2. The van der Waals surface area contributed by atoms with Gasteiger partial charge in [0.15, 0.2) is 5.82 Å². The van der Waals surface area contributed by atoms with E-state index in [0.717, 1.165) is 50.6 Å². The van der Waals surface area contributed by atoms with Crippen LogP contribution in [0.4, 0.5) is 19.4 Å². The van der Waals surface area contributed by atoms with E-state index in [4.69, 9.17) is 26.1 Å². The molecule has 1 aromatic carbocycles. The molecule has 6 fully saturated rings. The van der Waals surface area contributed by atoms with Crippen LogP contribution in [0.5, 0.6) is 11.8 Å². The van der Waals surface area contributed by atoms with E-state index in [1.165, 1.54) is 12.1 Å². The third-order valence-corrected chi connectivity index (χ3v) is 11.0. The summed E-state index contributed by atoms with van der Waals surface area (Å²) in [6.45, 7) is 7.88. The van der Waals surface area contributed by atoms with Crippen LogP contribution in [0.2, 0.25) is 5.02 Å². The molecule has 2 bridgehead atoms. The Morgan fingerprint density at radius 3 is 2.65 bits per heavy atom. The lowest BCUT2D eigenvalue weighted by molar-refractivity contribution is 0.000790. The number of phenols is 1. The topological polar surface area (TPSA) is 104 Å². The maximum absolute atomic E-state index is 16.8. The quantitative estimate of drug-likeness (QED) is 0.308. The summed E-state index contributed by atoms with van der Waals surface area (Å²) in [5.74, 6) is -0.0815. The highest BCUT2D eigenvalue weighted by atomic mass is 35.5. The third kappa shape index (κ3) is 5.58. The van der Waals surface area contributed by atoms with E-state index >= 15 is 4.39 Å². The zero-order chi connectivity index (χ0) is 33.5. The second-order valence-electron chi connectivity index (χ2n) is 15.2. The first-order valence-electron chi connectivity index (χ1n) is 17.1. The van der Waals surface area contributed by atoms with E-state index in [2.05, 4.69) is 19.8 Å². The lowest BCUT2D eigenvalue weighted by Crippen LogP contribution is -2.64. The SMILES string of the molecule is CC(C)(C)OC(=O)N1CC2CCC1CN2c1nc(OC[C@@]23CCCN2C[C@H](F)C3)nc2c(F)c(-c3cc(O)cc(Cl)c3C3CC3)ncc12. The number of hydrogen-bond donors (Lipinski definition) is 1. The van der Waals surface area contributed by atoms with Crippen LogP contribution >= 0.6 is 11.6 Å². The molecule has 4 atom stereocenters. The number of benzene rings is 1. The maximum atomic E-state index is 16.8. The monoisotopic (exact) mass is 682 g/mol. The number of aromatic nitrogens is 3. The Bertz CT molecular complexity index is 1790. The zero-order valence-corrected chi connectivity index (χ0v) is 28.3. The fraction of sp³-hybridized carbons (Fsp3) is 0.600. The lowest BCUT2D eigenvalue weighted by Gasteiger charge is -2.51.